The van der Waals surface area contributed by atoms with Crippen LogP contribution in [0.5, 0.6) is 0 Å². The maximum atomic E-state index is 7.76. The molecule has 0 aliphatic carbocycles. The first-order valence-corrected chi connectivity index (χ1v) is 6.42. The number of nitrogen functional groups attached to an aromatic ring is 1. The van der Waals surface area contributed by atoms with Crippen LogP contribution in [0.4, 0.5) is 5.82 Å². The van der Waals surface area contributed by atoms with E-state index in [1.54, 1.807) is 6.20 Å². The Morgan fingerprint density at radius 3 is 2.70 bits per heavy atom. The zero-order valence-corrected chi connectivity index (χ0v) is 12.0. The van der Waals surface area contributed by atoms with Gasteiger partial charge in [-0.1, -0.05) is 6.07 Å². The minimum absolute atomic E-state index is 0.0397. The quantitative estimate of drug-likeness (QED) is 0.657. The van der Waals surface area contributed by atoms with E-state index in [-0.39, 0.29) is 5.84 Å². The van der Waals surface area contributed by atoms with Crippen molar-refractivity contribution in [2.24, 2.45) is 5.73 Å². The second-order valence-corrected chi connectivity index (χ2v) is 4.87. The number of hydrogen-bond donors (Lipinski definition) is 2. The maximum Gasteiger partial charge on any atom is 0.140 e. The fraction of sp³-hybridized carbons (Fsp3) is 0.267. The lowest BCUT2D eigenvalue weighted by molar-refractivity contribution is 0.858. The molecule has 0 atom stereocenters. The van der Waals surface area contributed by atoms with Crippen molar-refractivity contribution in [1.82, 2.24) is 9.97 Å². The van der Waals surface area contributed by atoms with Crippen molar-refractivity contribution in [3.8, 4) is 0 Å². The normalized spacial score (nSPS) is 10.3. The molecule has 0 unspecified atom stereocenters. The topological polar surface area (TPSA) is 78.9 Å². The summed E-state index contributed by atoms with van der Waals surface area (Å²) in [6.45, 7) is 4.51. The number of anilines is 1. The third-order valence-corrected chi connectivity index (χ3v) is 3.08. The van der Waals surface area contributed by atoms with Crippen molar-refractivity contribution in [3.63, 3.8) is 0 Å². The van der Waals surface area contributed by atoms with Gasteiger partial charge >= 0.3 is 0 Å². The molecule has 2 heterocycles. The standard InChI is InChI=1S/C15H19N5/c1-10-8-11(2)19-15(13(10)14(16)17)20(3)9-12-6-4-5-7-18-12/h4-8H,9H2,1-3H3,(H3,16,17). The van der Waals surface area contributed by atoms with Gasteiger partial charge in [-0.25, -0.2) is 4.98 Å². The number of nitrogens with one attached hydrogen (secondary N) is 1. The van der Waals surface area contributed by atoms with Crippen LogP contribution in [0.2, 0.25) is 0 Å². The third-order valence-electron chi connectivity index (χ3n) is 3.08. The van der Waals surface area contributed by atoms with E-state index in [1.165, 1.54) is 0 Å². The van der Waals surface area contributed by atoms with Crippen LogP contribution >= 0.6 is 0 Å². The number of amidine groups is 1. The van der Waals surface area contributed by atoms with Crippen molar-refractivity contribution in [2.45, 2.75) is 20.4 Å². The SMILES string of the molecule is Cc1cc(C)c(C(=N)N)c(N(C)Cc2ccccn2)n1. The van der Waals surface area contributed by atoms with E-state index >= 15 is 0 Å². The Morgan fingerprint density at radius 2 is 2.10 bits per heavy atom. The highest BCUT2D eigenvalue weighted by Gasteiger charge is 2.15. The molecule has 0 saturated heterocycles. The smallest absolute Gasteiger partial charge is 0.140 e. The molecule has 2 aromatic heterocycles. The first-order chi connectivity index (χ1) is 9.49. The molecule has 0 aliphatic heterocycles. The zero-order chi connectivity index (χ0) is 14.7. The number of pyridine rings is 2. The van der Waals surface area contributed by atoms with Gasteiger partial charge in [0.05, 0.1) is 17.8 Å². The Balaban J connectivity index is 2.38. The molecule has 20 heavy (non-hydrogen) atoms. The number of aromatic nitrogens is 2. The fourth-order valence-corrected chi connectivity index (χ4v) is 2.24. The minimum Gasteiger partial charge on any atom is -0.384 e. The molecule has 104 valence electrons. The van der Waals surface area contributed by atoms with Crippen LogP contribution in [-0.2, 0) is 6.54 Å². The summed E-state index contributed by atoms with van der Waals surface area (Å²) in [5.74, 6) is 0.763. The van der Waals surface area contributed by atoms with Crippen LogP contribution in [0.3, 0.4) is 0 Å². The Morgan fingerprint density at radius 1 is 1.35 bits per heavy atom. The molecule has 5 nitrogen and oxygen atoms in total. The summed E-state index contributed by atoms with van der Waals surface area (Å²) in [5, 5.41) is 7.76. The molecular formula is C15H19N5. The molecule has 2 rings (SSSR count). The molecule has 0 aromatic carbocycles. The maximum absolute atomic E-state index is 7.76. The van der Waals surface area contributed by atoms with Crippen LogP contribution in [-0.4, -0.2) is 22.9 Å². The lowest BCUT2D eigenvalue weighted by Crippen LogP contribution is -2.25. The molecular weight excluding hydrogens is 250 g/mol. The molecule has 0 aliphatic rings. The monoisotopic (exact) mass is 269 g/mol. The predicted octanol–water partition coefficient (Wildman–Crippen LogP) is 2.01. The zero-order valence-electron chi connectivity index (χ0n) is 12.0. The average Bonchev–Trinajstić information content (AvgIpc) is 2.38. The molecule has 0 fully saturated rings. The summed E-state index contributed by atoms with van der Waals surface area (Å²) in [6, 6.07) is 7.75. The number of aryl methyl sites for hydroxylation is 2. The van der Waals surface area contributed by atoms with Gasteiger partial charge in [-0.2, -0.15) is 0 Å². The van der Waals surface area contributed by atoms with Crippen LogP contribution < -0.4 is 10.6 Å². The van der Waals surface area contributed by atoms with Gasteiger partial charge in [0.1, 0.15) is 11.7 Å². The molecule has 0 amide bonds. The lowest BCUT2D eigenvalue weighted by Gasteiger charge is -2.22. The third kappa shape index (κ3) is 2.93. The lowest BCUT2D eigenvalue weighted by atomic mass is 10.1. The first-order valence-electron chi connectivity index (χ1n) is 6.42. The largest absolute Gasteiger partial charge is 0.384 e. The Labute approximate surface area is 119 Å². The van der Waals surface area contributed by atoms with Crippen LogP contribution in [0, 0.1) is 19.3 Å². The Kier molecular flexibility index (Phi) is 3.98. The van der Waals surface area contributed by atoms with Crippen molar-refractivity contribution in [1.29, 1.82) is 5.41 Å². The van der Waals surface area contributed by atoms with Gasteiger partial charge in [0.15, 0.2) is 0 Å². The molecule has 0 saturated carbocycles. The molecule has 0 radical (unpaired) electrons. The molecule has 2 aromatic rings. The van der Waals surface area contributed by atoms with Gasteiger partial charge in [0.25, 0.3) is 0 Å². The van der Waals surface area contributed by atoms with Gasteiger partial charge in [-0.15, -0.1) is 0 Å². The Hall–Kier alpha value is -2.43. The highest BCUT2D eigenvalue weighted by molar-refractivity contribution is 6.01. The van der Waals surface area contributed by atoms with Gasteiger partial charge in [0, 0.05) is 18.9 Å². The van der Waals surface area contributed by atoms with Crippen molar-refractivity contribution in [3.05, 3.63) is 53.0 Å². The molecule has 3 N–H and O–H groups in total. The highest BCUT2D eigenvalue weighted by atomic mass is 15.2. The summed E-state index contributed by atoms with van der Waals surface area (Å²) in [6.07, 6.45) is 1.77. The number of nitrogens with zero attached hydrogens (tertiary/aromatic N) is 3. The fourth-order valence-electron chi connectivity index (χ4n) is 2.24. The predicted molar refractivity (Wildman–Crippen MR) is 81.1 cm³/mol. The summed E-state index contributed by atoms with van der Waals surface area (Å²) in [7, 11) is 1.93. The first kappa shape index (κ1) is 14.0. The summed E-state index contributed by atoms with van der Waals surface area (Å²) >= 11 is 0. The van der Waals surface area contributed by atoms with Gasteiger partial charge in [-0.3, -0.25) is 10.4 Å². The summed E-state index contributed by atoms with van der Waals surface area (Å²) < 4.78 is 0. The molecule has 5 heteroatoms. The average molecular weight is 269 g/mol. The van der Waals surface area contributed by atoms with Crippen molar-refractivity contribution < 1.29 is 0 Å². The van der Waals surface area contributed by atoms with E-state index in [9.17, 15) is 0 Å². The van der Waals surface area contributed by atoms with Crippen LogP contribution in [0.1, 0.15) is 22.5 Å². The van der Waals surface area contributed by atoms with E-state index in [0.717, 1.165) is 22.8 Å². The van der Waals surface area contributed by atoms with E-state index in [2.05, 4.69) is 9.97 Å². The minimum atomic E-state index is 0.0397. The highest BCUT2D eigenvalue weighted by Crippen LogP contribution is 2.22. The van der Waals surface area contributed by atoms with Gasteiger partial charge in [-0.05, 0) is 37.6 Å². The van der Waals surface area contributed by atoms with Crippen LogP contribution in [0.25, 0.3) is 0 Å². The second-order valence-electron chi connectivity index (χ2n) is 4.87. The number of rotatable bonds is 4. The van der Waals surface area contributed by atoms with Crippen LogP contribution in [0.15, 0.2) is 30.5 Å². The van der Waals surface area contributed by atoms with Crippen molar-refractivity contribution in [2.75, 3.05) is 11.9 Å². The van der Waals surface area contributed by atoms with E-state index in [1.807, 2.05) is 50.1 Å². The number of nitrogens with two attached hydrogens (primary N) is 1. The molecule has 0 bridgehead atoms. The van der Waals surface area contributed by atoms with Gasteiger partial charge < -0.3 is 10.6 Å². The van der Waals surface area contributed by atoms with Gasteiger partial charge in [0.2, 0.25) is 0 Å². The van der Waals surface area contributed by atoms with Crippen molar-refractivity contribution >= 4 is 11.7 Å². The van der Waals surface area contributed by atoms with E-state index in [0.29, 0.717) is 12.1 Å². The number of hydrogen-bond acceptors (Lipinski definition) is 4. The molecule has 0 spiro atoms. The van der Waals surface area contributed by atoms with E-state index in [4.69, 9.17) is 11.1 Å². The summed E-state index contributed by atoms with van der Waals surface area (Å²) in [4.78, 5) is 10.8. The van der Waals surface area contributed by atoms with E-state index < -0.39 is 0 Å². The summed E-state index contributed by atoms with van der Waals surface area (Å²) in [5.41, 5.74) is 9.21. The second kappa shape index (κ2) is 5.69. The Bertz CT molecular complexity index is 622.